The minimum Gasteiger partial charge on any atom is -0.306 e. The van der Waals surface area contributed by atoms with E-state index in [0.29, 0.717) is 34.0 Å². The van der Waals surface area contributed by atoms with E-state index in [1.165, 1.54) is 10.7 Å². The number of aromatic nitrogens is 5. The van der Waals surface area contributed by atoms with Crippen LogP contribution < -0.4 is 5.32 Å². The Morgan fingerprint density at radius 2 is 2.03 bits per heavy atom. The third kappa shape index (κ3) is 3.06. The van der Waals surface area contributed by atoms with Crippen molar-refractivity contribution < 1.29 is 9.18 Å². The number of aryl methyl sites for hydroxylation is 2. The topological polar surface area (TPSA) is 77.6 Å². The van der Waals surface area contributed by atoms with Crippen LogP contribution in [0.15, 0.2) is 42.6 Å². The lowest BCUT2D eigenvalue weighted by Gasteiger charge is -2.11. The Bertz CT molecular complexity index is 1250. The minimum atomic E-state index is -0.416. The molecule has 0 atom stereocenters. The second kappa shape index (κ2) is 6.51. The highest BCUT2D eigenvalue weighted by molar-refractivity contribution is 6.11. The Kier molecular flexibility index (Phi) is 3.94. The van der Waals surface area contributed by atoms with Gasteiger partial charge in [-0.15, -0.1) is 0 Å². The summed E-state index contributed by atoms with van der Waals surface area (Å²) in [6.45, 7) is 1.80. The van der Waals surface area contributed by atoms with Gasteiger partial charge in [0.15, 0.2) is 5.65 Å². The molecule has 0 bridgehead atoms. The molecule has 29 heavy (non-hydrogen) atoms. The van der Waals surface area contributed by atoms with Crippen molar-refractivity contribution in [3.8, 4) is 5.69 Å². The summed E-state index contributed by atoms with van der Waals surface area (Å²) in [4.78, 5) is 17.9. The van der Waals surface area contributed by atoms with Gasteiger partial charge in [0.2, 0.25) is 0 Å². The van der Waals surface area contributed by atoms with Crippen LogP contribution in [0.5, 0.6) is 0 Å². The highest BCUT2D eigenvalue weighted by atomic mass is 19.1. The van der Waals surface area contributed by atoms with Gasteiger partial charge >= 0.3 is 0 Å². The van der Waals surface area contributed by atoms with E-state index in [1.807, 2.05) is 13.1 Å². The number of hydrogen-bond acceptors (Lipinski definition) is 4. The number of rotatable bonds is 4. The summed E-state index contributed by atoms with van der Waals surface area (Å²) in [5.41, 5.74) is 3.03. The van der Waals surface area contributed by atoms with Gasteiger partial charge in [-0.25, -0.2) is 14.1 Å². The predicted molar refractivity (Wildman–Crippen MR) is 107 cm³/mol. The maximum Gasteiger partial charge on any atom is 0.257 e. The van der Waals surface area contributed by atoms with E-state index in [4.69, 9.17) is 0 Å². The highest BCUT2D eigenvalue weighted by Crippen LogP contribution is 2.40. The van der Waals surface area contributed by atoms with Gasteiger partial charge in [0, 0.05) is 24.7 Å². The van der Waals surface area contributed by atoms with Crippen molar-refractivity contribution in [2.45, 2.75) is 25.7 Å². The van der Waals surface area contributed by atoms with Gasteiger partial charge < -0.3 is 5.32 Å². The molecular formula is C21H19FN6O. The maximum atomic E-state index is 14.3. The molecule has 0 radical (unpaired) electrons. The number of fused-ring (bicyclic) bond motifs is 1. The standard InChI is InChI=1S/C21H19FN6O/c1-12-9-19(28(26-12)18-6-4-3-5-16(18)22)25-21(29)14-10-17(13-7-8-13)24-20-15(14)11-23-27(20)2/h3-6,9-11,13H,7-8H2,1-2H3,(H,25,29). The van der Waals surface area contributed by atoms with Crippen molar-refractivity contribution in [3.63, 3.8) is 0 Å². The summed E-state index contributed by atoms with van der Waals surface area (Å²) in [7, 11) is 1.81. The van der Waals surface area contributed by atoms with Crippen LogP contribution in [0.2, 0.25) is 0 Å². The quantitative estimate of drug-likeness (QED) is 0.576. The fourth-order valence-electron chi connectivity index (χ4n) is 3.49. The number of carbonyl (C=O) groups excluding carboxylic acids is 1. The first-order chi connectivity index (χ1) is 14.0. The molecule has 0 unspecified atom stereocenters. The Hall–Kier alpha value is -3.55. The lowest BCUT2D eigenvalue weighted by molar-refractivity contribution is 0.102. The van der Waals surface area contributed by atoms with Crippen LogP contribution in [0.4, 0.5) is 10.2 Å². The lowest BCUT2D eigenvalue weighted by Crippen LogP contribution is -2.16. The number of nitrogens with one attached hydrogen (secondary N) is 1. The van der Waals surface area contributed by atoms with Crippen LogP contribution >= 0.6 is 0 Å². The first-order valence-corrected chi connectivity index (χ1v) is 9.47. The molecule has 1 saturated carbocycles. The molecule has 146 valence electrons. The Morgan fingerprint density at radius 3 is 2.79 bits per heavy atom. The summed E-state index contributed by atoms with van der Waals surface area (Å²) >= 11 is 0. The second-order valence-electron chi connectivity index (χ2n) is 7.36. The maximum absolute atomic E-state index is 14.3. The number of carbonyl (C=O) groups is 1. The number of anilines is 1. The van der Waals surface area contributed by atoms with Gasteiger partial charge in [0.1, 0.15) is 17.3 Å². The van der Waals surface area contributed by atoms with Crippen molar-refractivity contribution in [1.82, 2.24) is 24.5 Å². The zero-order valence-corrected chi connectivity index (χ0v) is 16.1. The number of nitrogens with zero attached hydrogens (tertiary/aromatic N) is 5. The molecule has 1 amide bonds. The molecule has 1 N–H and O–H groups in total. The van der Waals surface area contributed by atoms with Crippen molar-refractivity contribution in [2.24, 2.45) is 7.05 Å². The third-order valence-corrected chi connectivity index (χ3v) is 5.12. The molecule has 0 spiro atoms. The van der Waals surface area contributed by atoms with Crippen LogP contribution in [0.1, 0.15) is 40.5 Å². The molecular weight excluding hydrogens is 371 g/mol. The van der Waals surface area contributed by atoms with Crippen molar-refractivity contribution >= 4 is 22.8 Å². The van der Waals surface area contributed by atoms with Crippen LogP contribution in [0.25, 0.3) is 16.7 Å². The number of hydrogen-bond donors (Lipinski definition) is 1. The number of amides is 1. The average molecular weight is 390 g/mol. The largest absolute Gasteiger partial charge is 0.306 e. The van der Waals surface area contributed by atoms with Gasteiger partial charge in [-0.3, -0.25) is 9.48 Å². The zero-order valence-electron chi connectivity index (χ0n) is 16.1. The summed E-state index contributed by atoms with van der Waals surface area (Å²) in [6.07, 6.45) is 3.81. The van der Waals surface area contributed by atoms with E-state index in [9.17, 15) is 9.18 Å². The molecule has 4 aromatic rings. The fourth-order valence-corrected chi connectivity index (χ4v) is 3.49. The summed E-state index contributed by atoms with van der Waals surface area (Å²) in [6, 6.07) is 9.88. The fraction of sp³-hybridized carbons (Fsp3) is 0.238. The van der Waals surface area contributed by atoms with E-state index in [0.717, 1.165) is 18.5 Å². The zero-order chi connectivity index (χ0) is 20.1. The average Bonchev–Trinajstić information content (AvgIpc) is 3.41. The van der Waals surface area contributed by atoms with Gasteiger partial charge in [0.05, 0.1) is 22.8 Å². The Balaban J connectivity index is 1.56. The van der Waals surface area contributed by atoms with Crippen LogP contribution in [0.3, 0.4) is 0 Å². The molecule has 8 heteroatoms. The minimum absolute atomic E-state index is 0.274. The van der Waals surface area contributed by atoms with E-state index < -0.39 is 5.82 Å². The number of benzene rings is 1. The van der Waals surface area contributed by atoms with E-state index in [-0.39, 0.29) is 11.6 Å². The van der Waals surface area contributed by atoms with Gasteiger partial charge in [-0.05, 0) is 38.0 Å². The molecule has 3 aromatic heterocycles. The summed E-state index contributed by atoms with van der Waals surface area (Å²) < 4.78 is 17.4. The third-order valence-electron chi connectivity index (χ3n) is 5.12. The predicted octanol–water partition coefficient (Wildman–Crippen LogP) is 3.73. The Labute approximate surface area is 166 Å². The number of para-hydroxylation sites is 1. The van der Waals surface area contributed by atoms with Gasteiger partial charge in [-0.1, -0.05) is 12.1 Å². The van der Waals surface area contributed by atoms with Crippen molar-refractivity contribution in [3.05, 3.63) is 65.4 Å². The first-order valence-electron chi connectivity index (χ1n) is 9.47. The smallest absolute Gasteiger partial charge is 0.257 e. The SMILES string of the molecule is Cc1cc(NC(=O)c2cc(C3CC3)nc3c2cnn3C)n(-c2ccccc2F)n1. The molecule has 0 saturated heterocycles. The van der Waals surface area contributed by atoms with Crippen LogP contribution in [0, 0.1) is 12.7 Å². The monoisotopic (exact) mass is 390 g/mol. The van der Waals surface area contributed by atoms with Gasteiger partial charge in [0.25, 0.3) is 5.91 Å². The van der Waals surface area contributed by atoms with E-state index in [1.54, 1.807) is 42.1 Å². The van der Waals surface area contributed by atoms with Crippen LogP contribution in [-0.4, -0.2) is 30.5 Å². The van der Waals surface area contributed by atoms with Crippen LogP contribution in [-0.2, 0) is 7.05 Å². The summed E-state index contributed by atoms with van der Waals surface area (Å²) in [5, 5.41) is 12.2. The molecule has 1 aromatic carbocycles. The molecule has 1 fully saturated rings. The molecule has 1 aliphatic carbocycles. The number of pyridine rings is 1. The molecule has 1 aliphatic rings. The van der Waals surface area contributed by atoms with Crippen molar-refractivity contribution in [2.75, 3.05) is 5.32 Å². The highest BCUT2D eigenvalue weighted by Gasteiger charge is 2.28. The molecule has 0 aliphatic heterocycles. The summed E-state index contributed by atoms with van der Waals surface area (Å²) in [5.74, 6) is 0.0805. The normalized spacial score (nSPS) is 13.8. The van der Waals surface area contributed by atoms with Gasteiger partial charge in [-0.2, -0.15) is 10.2 Å². The van der Waals surface area contributed by atoms with E-state index in [2.05, 4.69) is 20.5 Å². The molecule has 5 rings (SSSR count). The van der Waals surface area contributed by atoms with Crippen molar-refractivity contribution in [1.29, 1.82) is 0 Å². The Morgan fingerprint density at radius 1 is 1.24 bits per heavy atom. The van der Waals surface area contributed by atoms with E-state index >= 15 is 0 Å². The first kappa shape index (κ1) is 17.5. The second-order valence-corrected chi connectivity index (χ2v) is 7.36. The molecule has 3 heterocycles. The number of halogens is 1. The molecule has 7 nitrogen and oxygen atoms in total. The lowest BCUT2D eigenvalue weighted by atomic mass is 10.1.